The monoisotopic (exact) mass is 506 g/mol. The number of carbonyl (C=O) groups is 1. The fourth-order valence-corrected chi connectivity index (χ4v) is 5.91. The van der Waals surface area contributed by atoms with Crippen molar-refractivity contribution in [3.05, 3.63) is 63.9 Å². The highest BCUT2D eigenvalue weighted by atomic mass is 35.5. The van der Waals surface area contributed by atoms with E-state index in [9.17, 15) is 17.6 Å². The van der Waals surface area contributed by atoms with Gasteiger partial charge in [-0.15, -0.1) is 0 Å². The molecule has 0 radical (unpaired) electrons. The normalized spacial score (nSPS) is 19.7. The van der Waals surface area contributed by atoms with Gasteiger partial charge < -0.3 is 4.74 Å². The first kappa shape index (κ1) is 23.6. The van der Waals surface area contributed by atoms with Crippen molar-refractivity contribution in [3.63, 3.8) is 0 Å². The minimum atomic E-state index is -3.72. The van der Waals surface area contributed by atoms with Gasteiger partial charge in [0, 0.05) is 24.7 Å². The van der Waals surface area contributed by atoms with Crippen LogP contribution in [0.3, 0.4) is 0 Å². The summed E-state index contributed by atoms with van der Waals surface area (Å²) in [6.07, 6.45) is 4.93. The van der Waals surface area contributed by atoms with Gasteiger partial charge in [-0.2, -0.15) is 0 Å². The number of nitrogens with zero attached hydrogens (tertiary/aromatic N) is 1. The van der Waals surface area contributed by atoms with Crippen LogP contribution < -0.4 is 9.46 Å². The predicted molar refractivity (Wildman–Crippen MR) is 128 cm³/mol. The van der Waals surface area contributed by atoms with Crippen molar-refractivity contribution in [1.82, 2.24) is 9.62 Å². The van der Waals surface area contributed by atoms with Gasteiger partial charge in [0.25, 0.3) is 5.91 Å². The van der Waals surface area contributed by atoms with Crippen LogP contribution in [0.2, 0.25) is 5.02 Å². The van der Waals surface area contributed by atoms with Gasteiger partial charge in [0.05, 0.1) is 10.8 Å². The van der Waals surface area contributed by atoms with Gasteiger partial charge in [0.2, 0.25) is 10.0 Å². The number of benzene rings is 2. The number of nitrogens with one attached hydrogen (secondary N) is 1. The van der Waals surface area contributed by atoms with E-state index in [2.05, 4.69) is 9.62 Å². The third kappa shape index (κ3) is 5.56. The summed E-state index contributed by atoms with van der Waals surface area (Å²) in [4.78, 5) is 14.8. The van der Waals surface area contributed by atoms with Crippen molar-refractivity contribution in [3.8, 4) is 5.75 Å². The van der Waals surface area contributed by atoms with Gasteiger partial charge in [-0.3, -0.25) is 9.69 Å². The maximum Gasteiger partial charge on any atom is 0.267 e. The van der Waals surface area contributed by atoms with Gasteiger partial charge in [0.1, 0.15) is 17.7 Å². The highest BCUT2D eigenvalue weighted by molar-refractivity contribution is 7.91. The molecule has 0 aromatic heterocycles. The van der Waals surface area contributed by atoms with Gasteiger partial charge in [-0.1, -0.05) is 11.6 Å². The van der Waals surface area contributed by atoms with Crippen LogP contribution in [0.15, 0.2) is 36.4 Å². The maximum atomic E-state index is 14.9. The standard InChI is InChI=1S/C25H28ClFN2O4S/c26-18-3-5-19(6-4-18)33-20-9-11-29(12-10-20)15-17-13-24(27)23(14-22(17)16-1-2-16)25(30)28-34(31,32)21-7-8-21/h3-6,13-14,16,20-21H,1-2,7-12,15H2,(H,28,30). The molecule has 2 saturated carbocycles. The lowest BCUT2D eigenvalue weighted by molar-refractivity contribution is 0.0961. The summed E-state index contributed by atoms with van der Waals surface area (Å²) < 4.78 is 47.3. The minimum absolute atomic E-state index is 0.122. The summed E-state index contributed by atoms with van der Waals surface area (Å²) >= 11 is 5.93. The molecule has 1 saturated heterocycles. The number of piperidine rings is 1. The van der Waals surface area contributed by atoms with Crippen LogP contribution >= 0.6 is 11.6 Å². The molecule has 2 aromatic carbocycles. The quantitative estimate of drug-likeness (QED) is 0.565. The van der Waals surface area contributed by atoms with Crippen molar-refractivity contribution >= 4 is 27.5 Å². The summed E-state index contributed by atoms with van der Waals surface area (Å²) in [6, 6.07) is 10.3. The molecule has 9 heteroatoms. The van der Waals surface area contributed by atoms with Crippen molar-refractivity contribution in [2.75, 3.05) is 13.1 Å². The molecule has 0 spiro atoms. The first-order valence-electron chi connectivity index (χ1n) is 11.8. The highest BCUT2D eigenvalue weighted by Gasteiger charge is 2.38. The third-order valence-electron chi connectivity index (χ3n) is 6.73. The zero-order valence-electron chi connectivity index (χ0n) is 18.8. The zero-order chi connectivity index (χ0) is 23.9. The number of sulfonamides is 1. The number of halogens is 2. The summed E-state index contributed by atoms with van der Waals surface area (Å²) in [6.45, 7) is 2.25. The van der Waals surface area contributed by atoms with E-state index in [1.165, 1.54) is 6.07 Å². The largest absolute Gasteiger partial charge is 0.490 e. The lowest BCUT2D eigenvalue weighted by atomic mass is 9.97. The molecule has 3 aliphatic rings. The molecule has 6 nitrogen and oxygen atoms in total. The average Bonchev–Trinajstić information content (AvgIpc) is 3.69. The molecule has 3 fully saturated rings. The Morgan fingerprint density at radius 3 is 2.35 bits per heavy atom. The summed E-state index contributed by atoms with van der Waals surface area (Å²) in [7, 11) is -3.72. The fraction of sp³-hybridized carbons (Fsp3) is 0.480. The van der Waals surface area contributed by atoms with Crippen LogP contribution in [0.25, 0.3) is 0 Å². The van der Waals surface area contributed by atoms with Gasteiger partial charge in [0.15, 0.2) is 0 Å². The zero-order valence-corrected chi connectivity index (χ0v) is 20.4. The van der Waals surface area contributed by atoms with E-state index in [0.717, 1.165) is 55.6 Å². The number of ether oxygens (including phenoxy) is 1. The van der Waals surface area contributed by atoms with E-state index < -0.39 is 27.0 Å². The molecular weight excluding hydrogens is 479 g/mol. The van der Waals surface area contributed by atoms with E-state index >= 15 is 0 Å². The van der Waals surface area contributed by atoms with Crippen LogP contribution in [0, 0.1) is 5.82 Å². The lowest BCUT2D eigenvalue weighted by Crippen LogP contribution is -2.38. The fourth-order valence-electron chi connectivity index (χ4n) is 4.49. The summed E-state index contributed by atoms with van der Waals surface area (Å²) in [5.74, 6) is -0.451. The van der Waals surface area contributed by atoms with Crippen LogP contribution in [0.4, 0.5) is 4.39 Å². The highest BCUT2D eigenvalue weighted by Crippen LogP contribution is 2.43. The Morgan fingerprint density at radius 2 is 1.74 bits per heavy atom. The van der Waals surface area contributed by atoms with Crippen LogP contribution in [-0.2, 0) is 16.6 Å². The minimum Gasteiger partial charge on any atom is -0.490 e. The second kappa shape index (κ2) is 9.47. The Hall–Kier alpha value is -2.16. The van der Waals surface area contributed by atoms with Crippen molar-refractivity contribution in [2.45, 2.75) is 62.3 Å². The number of likely N-dealkylation sites (tertiary alicyclic amines) is 1. The Balaban J connectivity index is 1.24. The number of hydrogen-bond donors (Lipinski definition) is 1. The topological polar surface area (TPSA) is 75.7 Å². The van der Waals surface area contributed by atoms with Crippen molar-refractivity contribution < 1.29 is 22.3 Å². The molecule has 5 rings (SSSR count). The van der Waals surface area contributed by atoms with Crippen LogP contribution in [-0.4, -0.2) is 43.7 Å². The molecular formula is C25H28ClFN2O4S. The van der Waals surface area contributed by atoms with E-state index in [4.69, 9.17) is 16.3 Å². The average molecular weight is 507 g/mol. The third-order valence-corrected chi connectivity index (χ3v) is 8.80. The Kier molecular flexibility index (Phi) is 6.57. The second-order valence-electron chi connectivity index (χ2n) is 9.53. The molecule has 0 unspecified atom stereocenters. The number of hydrogen-bond acceptors (Lipinski definition) is 5. The van der Waals surface area contributed by atoms with Gasteiger partial charge in [-0.05, 0) is 92.0 Å². The number of rotatable bonds is 8. The van der Waals surface area contributed by atoms with Crippen molar-refractivity contribution in [2.24, 2.45) is 0 Å². The molecule has 0 bridgehead atoms. The van der Waals surface area contributed by atoms with E-state index in [0.29, 0.717) is 30.3 Å². The first-order chi connectivity index (χ1) is 16.3. The lowest BCUT2D eigenvalue weighted by Gasteiger charge is -2.32. The van der Waals surface area contributed by atoms with E-state index in [1.807, 2.05) is 24.3 Å². The van der Waals surface area contributed by atoms with Crippen LogP contribution in [0.1, 0.15) is 65.9 Å². The predicted octanol–water partition coefficient (Wildman–Crippen LogP) is 4.62. The van der Waals surface area contributed by atoms with Crippen molar-refractivity contribution in [1.29, 1.82) is 0 Å². The molecule has 1 amide bonds. The molecule has 182 valence electrons. The molecule has 2 aromatic rings. The number of amides is 1. The smallest absolute Gasteiger partial charge is 0.267 e. The second-order valence-corrected chi connectivity index (χ2v) is 11.9. The summed E-state index contributed by atoms with van der Waals surface area (Å²) in [5.41, 5.74) is 1.64. The molecule has 1 aliphatic heterocycles. The molecule has 2 aliphatic carbocycles. The molecule has 1 N–H and O–H groups in total. The maximum absolute atomic E-state index is 14.9. The summed E-state index contributed by atoms with van der Waals surface area (Å²) in [5, 5.41) is 0.141. The molecule has 0 atom stereocenters. The van der Waals surface area contributed by atoms with E-state index in [1.54, 1.807) is 6.07 Å². The first-order valence-corrected chi connectivity index (χ1v) is 13.7. The van der Waals surface area contributed by atoms with Gasteiger partial charge >= 0.3 is 0 Å². The van der Waals surface area contributed by atoms with Crippen LogP contribution in [0.5, 0.6) is 5.75 Å². The SMILES string of the molecule is O=C(NS(=O)(=O)C1CC1)c1cc(C2CC2)c(CN2CCC(Oc3ccc(Cl)cc3)CC2)cc1F. The van der Waals surface area contributed by atoms with Gasteiger partial charge in [-0.25, -0.2) is 17.5 Å². The Labute approximate surface area is 204 Å². The molecule has 1 heterocycles. The number of carbonyl (C=O) groups excluding carboxylic acids is 1. The van der Waals surface area contributed by atoms with E-state index in [-0.39, 0.29) is 11.7 Å². The Morgan fingerprint density at radius 1 is 1.06 bits per heavy atom. The Bertz CT molecular complexity index is 1170. The molecule has 34 heavy (non-hydrogen) atoms.